The van der Waals surface area contributed by atoms with Gasteiger partial charge in [0.25, 0.3) is 0 Å². The van der Waals surface area contributed by atoms with Crippen LogP contribution in [0.3, 0.4) is 0 Å². The lowest BCUT2D eigenvalue weighted by atomic mass is 9.74. The van der Waals surface area contributed by atoms with E-state index in [0.29, 0.717) is 68.4 Å². The number of hydrogen-bond acceptors (Lipinski definition) is 21. The Morgan fingerprint density at radius 2 is 0.612 bits per heavy atom. The molecular formula is C94H146N6O21. The highest BCUT2D eigenvalue weighted by Gasteiger charge is 2.70. The Hall–Kier alpha value is -7.16. The molecule has 8 saturated heterocycles. The van der Waals surface area contributed by atoms with E-state index in [0.717, 1.165) is 86.9 Å². The molecule has 18 rings (SSSR count). The average molecular weight is 1700 g/mol. The molecule has 8 bridgehead atoms. The van der Waals surface area contributed by atoms with Crippen molar-refractivity contribution in [2.24, 2.45) is 141 Å². The van der Waals surface area contributed by atoms with Crippen LogP contribution in [0.2, 0.25) is 0 Å². The fourth-order valence-corrected chi connectivity index (χ4v) is 22.9. The molecule has 121 heavy (non-hydrogen) atoms. The lowest BCUT2D eigenvalue weighted by Crippen LogP contribution is -2.67. The maximum absolute atomic E-state index is 12.7. The third-order valence-electron chi connectivity index (χ3n) is 32.2. The highest BCUT2D eigenvalue weighted by Crippen LogP contribution is 2.66. The summed E-state index contributed by atoms with van der Waals surface area (Å²) in [6.45, 7) is 38.9. The average Bonchev–Trinajstić information content (AvgIpc) is 1.57. The summed E-state index contributed by atoms with van der Waals surface area (Å²) < 4.78 is 22.7. The number of amides is 12. The Kier molecular flexibility index (Phi) is 32.3. The fraction of sp³-hybridized carbons (Fsp3) is 0.830. The first-order valence-electron chi connectivity index (χ1n) is 46.0. The molecule has 27 unspecified atom stereocenters. The number of carbonyl (C=O) groups excluding carboxylic acids is 16. The van der Waals surface area contributed by atoms with Crippen molar-refractivity contribution in [3.63, 3.8) is 0 Å². The number of ketones is 1. The number of esters is 3. The van der Waals surface area contributed by atoms with E-state index >= 15 is 0 Å². The van der Waals surface area contributed by atoms with Gasteiger partial charge in [-0.3, -0.25) is 101 Å². The summed E-state index contributed by atoms with van der Waals surface area (Å²) in [5.74, 6) is 9.39. The second-order valence-electron chi connectivity index (χ2n) is 39.9. The highest BCUT2D eigenvalue weighted by molar-refractivity contribution is 6.07. The number of ether oxygens (including phenoxy) is 5. The zero-order valence-corrected chi connectivity index (χ0v) is 77.0. The zero-order chi connectivity index (χ0) is 90.0. The summed E-state index contributed by atoms with van der Waals surface area (Å²) in [5, 5.41) is 0. The van der Waals surface area contributed by atoms with Gasteiger partial charge in [0.2, 0.25) is 70.9 Å². The fourth-order valence-electron chi connectivity index (χ4n) is 22.9. The van der Waals surface area contributed by atoms with Gasteiger partial charge in [0, 0.05) is 61.2 Å². The van der Waals surface area contributed by atoms with E-state index in [1.54, 1.807) is 26.5 Å². The maximum atomic E-state index is 12.7. The van der Waals surface area contributed by atoms with E-state index in [1.807, 2.05) is 111 Å². The lowest BCUT2D eigenvalue weighted by Gasteiger charge is -2.50. The summed E-state index contributed by atoms with van der Waals surface area (Å²) in [6.07, 6.45) is 23.0. The van der Waals surface area contributed by atoms with E-state index in [1.165, 1.54) is 129 Å². The van der Waals surface area contributed by atoms with Crippen LogP contribution in [0, 0.1) is 141 Å². The molecule has 0 spiro atoms. The normalized spacial score (nSPS) is 34.7. The van der Waals surface area contributed by atoms with E-state index in [2.05, 4.69) is 14.2 Å². The van der Waals surface area contributed by atoms with Crippen LogP contribution >= 0.6 is 0 Å². The van der Waals surface area contributed by atoms with E-state index in [9.17, 15) is 76.7 Å². The van der Waals surface area contributed by atoms with E-state index < -0.39 is 10.8 Å². The summed E-state index contributed by atoms with van der Waals surface area (Å²) >= 11 is 0. The van der Waals surface area contributed by atoms with Crippen LogP contribution in [-0.4, -0.2) is 208 Å². The monoisotopic (exact) mass is 1700 g/mol. The van der Waals surface area contributed by atoms with Gasteiger partial charge in [-0.05, 0) is 206 Å². The van der Waals surface area contributed by atoms with Gasteiger partial charge in [0.05, 0.1) is 120 Å². The molecule has 0 radical (unpaired) electrons. The molecule has 27 atom stereocenters. The largest absolute Gasteiger partial charge is 0.469 e. The van der Waals surface area contributed by atoms with Crippen LogP contribution in [0.25, 0.3) is 0 Å². The Bertz CT molecular complexity index is 3830. The van der Waals surface area contributed by atoms with Gasteiger partial charge in [-0.1, -0.05) is 111 Å². The number of rotatable bonds is 13. The number of imide groups is 6. The number of methoxy groups -OCH3 is 3. The molecule has 0 aromatic heterocycles. The van der Waals surface area contributed by atoms with Crippen LogP contribution in [0.1, 0.15) is 273 Å². The van der Waals surface area contributed by atoms with Crippen molar-refractivity contribution < 1.29 is 100 Å². The van der Waals surface area contributed by atoms with Crippen LogP contribution in [0.4, 0.5) is 0 Å². The van der Waals surface area contributed by atoms with E-state index in [-0.39, 0.29) is 190 Å². The number of nitrogens with zero attached hydrogens (tertiary/aromatic N) is 6. The zero-order valence-electron chi connectivity index (χ0n) is 77.0. The quantitative estimate of drug-likeness (QED) is 0.0939. The van der Waals surface area contributed by atoms with Crippen LogP contribution in [0.15, 0.2) is 0 Å². The highest BCUT2D eigenvalue weighted by atomic mass is 16.5. The number of likely N-dealkylation sites (tertiary alicyclic amines) is 6. The first-order valence-corrected chi connectivity index (χ1v) is 46.0. The molecule has 27 nitrogen and oxygen atoms in total. The van der Waals surface area contributed by atoms with Crippen LogP contribution in [-0.2, 0) is 100 Å². The first kappa shape index (κ1) is 97.6. The maximum Gasteiger partial charge on any atom is 0.302 e. The molecule has 10 aliphatic carbocycles. The smallest absolute Gasteiger partial charge is 0.302 e. The Balaban J connectivity index is 0.000000158. The minimum Gasteiger partial charge on any atom is -0.469 e. The SMILES string of the molecule is CCC(C)(C)C(=O)N1C(=O)C2C3CCC(C3)C21.CCC(C)(C)C(=O)N1C(=O)C2CC3C4CCC(C4)C3C21.CCC(C)(C)C(=O)N1C(=O)C2COCC21.CCC(C)=O.CCC(C)C(=O)N1C(=O)C2C3CCC(C3)C21.CCC(C)C(=O)N1C(=O)C2CC3C4CCC(C4)C3C21.CCC(C)C(=O)N1C(=O)C2COCC21.COC(C)=O.COC(C)=O.COC(C)=O. The predicted molar refractivity (Wildman–Crippen MR) is 448 cm³/mol. The molecule has 18 fully saturated rings. The van der Waals surface area contributed by atoms with Crippen molar-refractivity contribution in [3.05, 3.63) is 0 Å². The van der Waals surface area contributed by atoms with Gasteiger partial charge in [-0.2, -0.15) is 0 Å². The summed E-state index contributed by atoms with van der Waals surface area (Å²) in [4.78, 5) is 193. The Morgan fingerprint density at radius 3 is 0.967 bits per heavy atom. The van der Waals surface area contributed by atoms with Crippen molar-refractivity contribution in [2.45, 2.75) is 310 Å². The third-order valence-corrected chi connectivity index (χ3v) is 32.2. The summed E-state index contributed by atoms with van der Waals surface area (Å²) in [6, 6.07) is 1.14. The third kappa shape index (κ3) is 19.0. The molecule has 10 saturated carbocycles. The van der Waals surface area contributed by atoms with Crippen molar-refractivity contribution in [1.29, 1.82) is 0 Å². The van der Waals surface area contributed by atoms with Crippen LogP contribution < -0.4 is 0 Å². The van der Waals surface area contributed by atoms with Crippen molar-refractivity contribution >= 4 is 94.6 Å². The van der Waals surface area contributed by atoms with Gasteiger partial charge in [0.1, 0.15) is 5.78 Å². The first-order chi connectivity index (χ1) is 56.9. The second kappa shape index (κ2) is 40.0. The Morgan fingerprint density at radius 1 is 0.347 bits per heavy atom. The summed E-state index contributed by atoms with van der Waals surface area (Å²) in [5.41, 5.74) is -1.22. The van der Waals surface area contributed by atoms with Crippen molar-refractivity contribution in [1.82, 2.24) is 29.4 Å². The molecule has 0 N–H and O–H groups in total. The number of β-lactam (4-membered cyclic amide) rings is 6. The van der Waals surface area contributed by atoms with Gasteiger partial charge < -0.3 is 28.5 Å². The molecule has 0 aromatic carbocycles. The number of hydrogen-bond donors (Lipinski definition) is 0. The lowest BCUT2D eigenvalue weighted by molar-refractivity contribution is -0.175. The topological polar surface area (TPSA) is 339 Å². The predicted octanol–water partition coefficient (Wildman–Crippen LogP) is 12.1. The molecule has 18 aliphatic rings. The van der Waals surface area contributed by atoms with Gasteiger partial charge in [0.15, 0.2) is 0 Å². The van der Waals surface area contributed by atoms with Crippen molar-refractivity contribution in [3.8, 4) is 0 Å². The minimum atomic E-state index is -0.441. The molecule has 8 aliphatic heterocycles. The van der Waals surface area contributed by atoms with Gasteiger partial charge in [-0.15, -0.1) is 0 Å². The van der Waals surface area contributed by atoms with Gasteiger partial charge >= 0.3 is 17.9 Å². The van der Waals surface area contributed by atoms with E-state index in [4.69, 9.17) is 9.47 Å². The molecule has 678 valence electrons. The number of carbonyl (C=O) groups is 16. The molecule has 27 heteroatoms. The van der Waals surface area contributed by atoms with Gasteiger partial charge in [-0.25, -0.2) is 0 Å². The molecule has 0 aromatic rings. The summed E-state index contributed by atoms with van der Waals surface area (Å²) in [7, 11) is 4.05. The second-order valence-corrected chi connectivity index (χ2v) is 39.9. The minimum absolute atomic E-state index is 0.00235. The number of Topliss-reactive ketones (excluding diaryl/α,β-unsaturated/α-hetero) is 1. The van der Waals surface area contributed by atoms with Crippen molar-refractivity contribution in [2.75, 3.05) is 47.8 Å². The molecular weight excluding hydrogens is 1550 g/mol. The standard InChI is InChI=1S/C17H25NO2.C16H23NO2.C14H21NO2.C13H19NO2.C11H17NO3.C10H15NO3.C4H8O.3C3H6O2/c1-4-17(2,3)16(20)18-14-12(15(18)19)8-11-9-5-6-10(7-9)13(11)14;1-3-8(2)15(18)17-14-12(16(17)19)7-11-9-4-5-10(6-9)13(11)14;1-4-14(2,3)13(17)15-11-9-6-5-8(7-9)10(11)12(15)16;1-3-7(2)12(15)14-11-9-5-4-8(6-9)10(11)13(14)16;1-4-11(2,3)10(14)12-8-6-15-5-7(8)9(12)13;1-3-6(2)9(12)11-8-5-14-4-7(8)10(11)13;1-3-4(2)5;3*1-3(4)5-2/h9-14H,4-8H2,1-3H3;8-14H,3-7H2,1-2H3;8-11H,4-7H2,1-3H3;7-11H,3-6H2,1-2H3;7-8H,4-6H2,1-3H3;6-8H,3-5H2,1-2H3;3H2,1-2H3;3*1-2H3. The molecule has 8 heterocycles. The number of fused-ring (bicyclic) bond motifs is 26. The van der Waals surface area contributed by atoms with Crippen LogP contribution in [0.5, 0.6) is 0 Å². The Labute approximate surface area is 718 Å². The molecule has 12 amide bonds.